The minimum Gasteiger partial charge on any atom is -0.466 e. The Bertz CT molecular complexity index is 821. The molecule has 0 atom stereocenters. The zero-order chi connectivity index (χ0) is 20.6. The lowest BCUT2D eigenvalue weighted by molar-refractivity contribution is -0.149. The van der Waals surface area contributed by atoms with Crippen molar-refractivity contribution in [2.75, 3.05) is 33.3 Å². The Balaban J connectivity index is 1.46. The third-order valence-electron chi connectivity index (χ3n) is 5.14. The van der Waals surface area contributed by atoms with Crippen LogP contribution < -0.4 is 5.32 Å². The molecule has 1 aromatic carbocycles. The normalized spacial score (nSPS) is 15.4. The van der Waals surface area contributed by atoms with E-state index in [4.69, 9.17) is 9.15 Å². The first-order valence-corrected chi connectivity index (χ1v) is 10.2. The van der Waals surface area contributed by atoms with Gasteiger partial charge in [-0.25, -0.2) is 4.98 Å². The molecule has 0 bridgehead atoms. The second kappa shape index (κ2) is 10.1. The van der Waals surface area contributed by atoms with E-state index in [1.807, 2.05) is 19.1 Å². The molecular weight excluding hydrogens is 368 g/mol. The van der Waals surface area contributed by atoms with Crippen LogP contribution in [0.25, 0.3) is 11.5 Å². The summed E-state index contributed by atoms with van der Waals surface area (Å²) in [4.78, 5) is 23.0. The van der Waals surface area contributed by atoms with Crippen LogP contribution in [0.2, 0.25) is 0 Å². The third kappa shape index (κ3) is 5.59. The van der Waals surface area contributed by atoms with Gasteiger partial charge < -0.3 is 19.4 Å². The number of hydrogen-bond acceptors (Lipinski definition) is 5. The number of aliphatic imine (C=N–C) groups is 1. The molecule has 1 aliphatic heterocycles. The standard InChI is InChI=1S/C22H30N4O3/c1-4-28-21(27)18-10-13-26(14-11-18)22(23-3)24-12-9-19-15-29-20(25-19)17-7-5-16(2)6-8-17/h5-8,15,18H,4,9-14H2,1-3H3,(H,23,24). The molecule has 1 aromatic heterocycles. The Morgan fingerprint density at radius 2 is 2.03 bits per heavy atom. The number of likely N-dealkylation sites (tertiary alicyclic amines) is 1. The van der Waals surface area contributed by atoms with Crippen LogP contribution in [0.15, 0.2) is 39.9 Å². The van der Waals surface area contributed by atoms with Crippen LogP contribution in [0, 0.1) is 12.8 Å². The van der Waals surface area contributed by atoms with E-state index in [1.54, 1.807) is 13.3 Å². The van der Waals surface area contributed by atoms with E-state index >= 15 is 0 Å². The Labute approximate surface area is 172 Å². The fourth-order valence-electron chi connectivity index (χ4n) is 3.47. The summed E-state index contributed by atoms with van der Waals surface area (Å²) < 4.78 is 10.8. The highest BCUT2D eigenvalue weighted by Crippen LogP contribution is 2.20. The van der Waals surface area contributed by atoms with E-state index in [0.29, 0.717) is 19.0 Å². The van der Waals surface area contributed by atoms with Gasteiger partial charge in [-0.3, -0.25) is 9.79 Å². The molecular formula is C22H30N4O3. The van der Waals surface area contributed by atoms with Crippen molar-refractivity contribution in [3.8, 4) is 11.5 Å². The van der Waals surface area contributed by atoms with Crippen LogP contribution in [0.3, 0.4) is 0 Å². The highest BCUT2D eigenvalue weighted by Gasteiger charge is 2.27. The highest BCUT2D eigenvalue weighted by molar-refractivity contribution is 5.80. The van der Waals surface area contributed by atoms with E-state index in [9.17, 15) is 4.79 Å². The van der Waals surface area contributed by atoms with E-state index < -0.39 is 0 Å². The van der Waals surface area contributed by atoms with Gasteiger partial charge in [-0.1, -0.05) is 17.7 Å². The summed E-state index contributed by atoms with van der Waals surface area (Å²) in [5.74, 6) is 1.42. The average molecular weight is 399 g/mol. The van der Waals surface area contributed by atoms with Crippen LogP contribution in [-0.2, 0) is 16.0 Å². The van der Waals surface area contributed by atoms with Crippen molar-refractivity contribution in [1.29, 1.82) is 0 Å². The first-order chi connectivity index (χ1) is 14.1. The Kier molecular flexibility index (Phi) is 7.27. The Morgan fingerprint density at radius 3 is 2.69 bits per heavy atom. The van der Waals surface area contributed by atoms with Crippen molar-refractivity contribution < 1.29 is 13.9 Å². The van der Waals surface area contributed by atoms with Gasteiger partial charge in [0.05, 0.1) is 18.2 Å². The van der Waals surface area contributed by atoms with Crippen molar-refractivity contribution in [2.45, 2.75) is 33.1 Å². The van der Waals surface area contributed by atoms with Crippen LogP contribution >= 0.6 is 0 Å². The first kappa shape index (κ1) is 20.9. The molecule has 1 aliphatic rings. The number of rotatable bonds is 6. The van der Waals surface area contributed by atoms with Crippen molar-refractivity contribution in [3.05, 3.63) is 41.8 Å². The molecule has 156 valence electrons. The zero-order valence-electron chi connectivity index (χ0n) is 17.5. The molecule has 0 aliphatic carbocycles. The summed E-state index contributed by atoms with van der Waals surface area (Å²) >= 11 is 0. The molecule has 7 nitrogen and oxygen atoms in total. The molecule has 0 spiro atoms. The predicted molar refractivity (Wildman–Crippen MR) is 113 cm³/mol. The number of piperidine rings is 1. The SMILES string of the molecule is CCOC(=O)C1CCN(C(=NC)NCCc2coc(-c3ccc(C)cc3)n2)CC1. The lowest BCUT2D eigenvalue weighted by Gasteiger charge is -2.33. The quantitative estimate of drug-likeness (QED) is 0.458. The number of guanidine groups is 1. The van der Waals surface area contributed by atoms with Gasteiger partial charge in [-0.15, -0.1) is 0 Å². The zero-order valence-corrected chi connectivity index (χ0v) is 17.5. The number of hydrogen-bond donors (Lipinski definition) is 1. The topological polar surface area (TPSA) is 80.0 Å². The molecule has 2 aromatic rings. The van der Waals surface area contributed by atoms with Gasteiger partial charge in [0, 0.05) is 38.7 Å². The van der Waals surface area contributed by atoms with Crippen LogP contribution in [0.5, 0.6) is 0 Å². The monoisotopic (exact) mass is 398 g/mol. The maximum Gasteiger partial charge on any atom is 0.309 e. The van der Waals surface area contributed by atoms with Crippen molar-refractivity contribution in [2.24, 2.45) is 10.9 Å². The molecule has 3 rings (SSSR count). The largest absolute Gasteiger partial charge is 0.466 e. The van der Waals surface area contributed by atoms with Crippen molar-refractivity contribution in [3.63, 3.8) is 0 Å². The highest BCUT2D eigenvalue weighted by atomic mass is 16.5. The van der Waals surface area contributed by atoms with Gasteiger partial charge >= 0.3 is 5.97 Å². The van der Waals surface area contributed by atoms with Gasteiger partial charge in [0.15, 0.2) is 5.96 Å². The number of esters is 1. The summed E-state index contributed by atoms with van der Waals surface area (Å²) in [7, 11) is 1.78. The fourth-order valence-corrected chi connectivity index (χ4v) is 3.47. The molecule has 0 radical (unpaired) electrons. The number of oxazole rings is 1. The minimum atomic E-state index is -0.0782. The fraction of sp³-hybridized carbons (Fsp3) is 0.500. The van der Waals surface area contributed by atoms with Gasteiger partial charge in [-0.2, -0.15) is 0 Å². The Hall–Kier alpha value is -2.83. The van der Waals surface area contributed by atoms with Gasteiger partial charge in [0.1, 0.15) is 6.26 Å². The maximum absolute atomic E-state index is 11.9. The van der Waals surface area contributed by atoms with Gasteiger partial charge in [0.2, 0.25) is 5.89 Å². The van der Waals surface area contributed by atoms with Gasteiger partial charge in [-0.05, 0) is 38.8 Å². The minimum absolute atomic E-state index is 0.000341. The molecule has 2 heterocycles. The summed E-state index contributed by atoms with van der Waals surface area (Å²) in [6.45, 7) is 6.65. The van der Waals surface area contributed by atoms with E-state index in [-0.39, 0.29) is 11.9 Å². The van der Waals surface area contributed by atoms with Crippen molar-refractivity contribution >= 4 is 11.9 Å². The molecule has 7 heteroatoms. The summed E-state index contributed by atoms with van der Waals surface area (Å²) in [6.07, 6.45) is 4.05. The molecule has 1 fully saturated rings. The summed E-state index contributed by atoms with van der Waals surface area (Å²) in [5, 5.41) is 3.39. The summed E-state index contributed by atoms with van der Waals surface area (Å²) in [5.41, 5.74) is 3.10. The molecule has 1 N–H and O–H groups in total. The molecule has 0 amide bonds. The number of aryl methyl sites for hydroxylation is 1. The number of benzene rings is 1. The summed E-state index contributed by atoms with van der Waals surface area (Å²) in [6, 6.07) is 8.14. The van der Waals surface area contributed by atoms with Gasteiger partial charge in [0.25, 0.3) is 0 Å². The number of carbonyl (C=O) groups is 1. The van der Waals surface area contributed by atoms with Crippen LogP contribution in [-0.4, -0.2) is 55.1 Å². The maximum atomic E-state index is 11.9. The number of nitrogens with one attached hydrogen (secondary N) is 1. The van der Waals surface area contributed by atoms with E-state index in [0.717, 1.165) is 49.6 Å². The molecule has 29 heavy (non-hydrogen) atoms. The van der Waals surface area contributed by atoms with Crippen LogP contribution in [0.1, 0.15) is 31.0 Å². The lowest BCUT2D eigenvalue weighted by Crippen LogP contribution is -2.47. The Morgan fingerprint density at radius 1 is 1.31 bits per heavy atom. The predicted octanol–water partition coefficient (Wildman–Crippen LogP) is 3.04. The van der Waals surface area contributed by atoms with E-state index in [1.165, 1.54) is 5.56 Å². The molecule has 0 saturated carbocycles. The van der Waals surface area contributed by atoms with Crippen molar-refractivity contribution in [1.82, 2.24) is 15.2 Å². The lowest BCUT2D eigenvalue weighted by atomic mass is 9.97. The van der Waals surface area contributed by atoms with E-state index in [2.05, 4.69) is 39.2 Å². The second-order valence-corrected chi connectivity index (χ2v) is 7.25. The third-order valence-corrected chi connectivity index (χ3v) is 5.14. The van der Waals surface area contributed by atoms with Crippen LogP contribution in [0.4, 0.5) is 0 Å². The number of carbonyl (C=O) groups excluding carboxylic acids is 1. The second-order valence-electron chi connectivity index (χ2n) is 7.25. The molecule has 0 unspecified atom stereocenters. The average Bonchev–Trinajstić information content (AvgIpc) is 3.21. The molecule has 1 saturated heterocycles. The number of nitrogens with zero attached hydrogens (tertiary/aromatic N) is 3. The first-order valence-electron chi connectivity index (χ1n) is 10.2. The smallest absolute Gasteiger partial charge is 0.309 e. The number of ether oxygens (including phenoxy) is 1. The number of aromatic nitrogens is 1.